The number of nitrogens with zero attached hydrogens (tertiary/aromatic N) is 2. The van der Waals surface area contributed by atoms with Crippen molar-refractivity contribution >= 4 is 23.9 Å². The Morgan fingerprint density at radius 1 is 0.800 bits per heavy atom. The molecule has 0 bridgehead atoms. The van der Waals surface area contributed by atoms with E-state index in [4.69, 9.17) is 14.2 Å². The summed E-state index contributed by atoms with van der Waals surface area (Å²) in [5.41, 5.74) is 2.32. The number of carbonyl (C=O) groups excluding carboxylic acids is 3. The monoisotopic (exact) mass is 483 g/mol. The average molecular weight is 484 g/mol. The Bertz CT molecular complexity index is 999. The van der Waals surface area contributed by atoms with Gasteiger partial charge in [0.25, 0.3) is 0 Å². The topological polar surface area (TPSA) is 107 Å². The summed E-state index contributed by atoms with van der Waals surface area (Å²) < 4.78 is 15.7. The Labute approximate surface area is 206 Å². The molecular weight excluding hydrogens is 450 g/mol. The Morgan fingerprint density at radius 3 is 1.66 bits per heavy atom. The fourth-order valence-electron chi connectivity index (χ4n) is 2.87. The molecule has 2 aromatic carbocycles. The molecule has 9 nitrogen and oxygen atoms in total. The van der Waals surface area contributed by atoms with E-state index < -0.39 is 35.5 Å². The predicted octanol–water partition coefficient (Wildman–Crippen LogP) is 4.70. The van der Waals surface area contributed by atoms with Gasteiger partial charge in [0, 0.05) is 11.1 Å². The van der Waals surface area contributed by atoms with Crippen LogP contribution in [0.25, 0.3) is 0 Å². The van der Waals surface area contributed by atoms with Crippen LogP contribution < -0.4 is 5.43 Å². The third-order valence-electron chi connectivity index (χ3n) is 4.20. The molecule has 9 heteroatoms. The molecule has 2 amide bonds. The quantitative estimate of drug-likeness (QED) is 0.286. The van der Waals surface area contributed by atoms with Gasteiger partial charge in [-0.1, -0.05) is 60.7 Å². The highest BCUT2D eigenvalue weighted by Crippen LogP contribution is 2.17. The second kappa shape index (κ2) is 11.5. The molecule has 0 aliphatic rings. The van der Waals surface area contributed by atoms with Crippen molar-refractivity contribution < 1.29 is 28.6 Å². The van der Waals surface area contributed by atoms with E-state index in [0.29, 0.717) is 21.8 Å². The molecule has 0 fully saturated rings. The molecule has 0 heterocycles. The van der Waals surface area contributed by atoms with E-state index in [1.807, 2.05) is 60.7 Å². The number of hydrazine groups is 1. The van der Waals surface area contributed by atoms with Gasteiger partial charge in [0.2, 0.25) is 6.17 Å². The first kappa shape index (κ1) is 27.4. The maximum absolute atomic E-state index is 13.1. The molecule has 0 aliphatic heterocycles. The van der Waals surface area contributed by atoms with Crippen LogP contribution in [0.1, 0.15) is 52.7 Å². The molecule has 0 aliphatic carbocycles. The summed E-state index contributed by atoms with van der Waals surface area (Å²) in [5.74, 6) is -0.892. The minimum atomic E-state index is -1.61. The number of aliphatic imine (C=N–C) groups is 1. The molecule has 35 heavy (non-hydrogen) atoms. The van der Waals surface area contributed by atoms with Gasteiger partial charge in [-0.05, 0) is 41.5 Å². The van der Waals surface area contributed by atoms with E-state index >= 15 is 0 Å². The van der Waals surface area contributed by atoms with Crippen molar-refractivity contribution in [3.8, 4) is 0 Å². The fraction of sp³-hybridized carbons (Fsp3) is 0.385. The lowest BCUT2D eigenvalue weighted by molar-refractivity contribution is -0.147. The van der Waals surface area contributed by atoms with E-state index in [-0.39, 0.29) is 0 Å². The average Bonchev–Trinajstić information content (AvgIpc) is 2.77. The van der Waals surface area contributed by atoms with Crippen molar-refractivity contribution in [2.45, 2.75) is 58.9 Å². The fourth-order valence-corrected chi connectivity index (χ4v) is 2.87. The zero-order valence-corrected chi connectivity index (χ0v) is 21.2. The zero-order chi connectivity index (χ0) is 26.2. The molecule has 0 saturated heterocycles. The highest BCUT2D eigenvalue weighted by Gasteiger charge is 2.37. The van der Waals surface area contributed by atoms with Gasteiger partial charge < -0.3 is 14.2 Å². The summed E-state index contributed by atoms with van der Waals surface area (Å²) in [5, 5.41) is 0.678. The van der Waals surface area contributed by atoms with Crippen molar-refractivity contribution in [1.29, 1.82) is 0 Å². The summed E-state index contributed by atoms with van der Waals surface area (Å²) in [4.78, 5) is 43.2. The minimum absolute atomic E-state index is 0.404. The van der Waals surface area contributed by atoms with Gasteiger partial charge >= 0.3 is 18.2 Å². The van der Waals surface area contributed by atoms with Gasteiger partial charge in [-0.2, -0.15) is 5.01 Å². The first-order valence-corrected chi connectivity index (χ1v) is 11.1. The molecule has 0 radical (unpaired) electrons. The van der Waals surface area contributed by atoms with Gasteiger partial charge in [-0.3, -0.25) is 0 Å². The SMILES string of the molecule is COC(=O)[C@H](N=C(c1ccccc1)c1ccccc1)N(NC(=O)OC(C)(C)C)C(=O)OC(C)(C)C. The van der Waals surface area contributed by atoms with Crippen molar-refractivity contribution in [2.24, 2.45) is 4.99 Å². The number of nitrogens with one attached hydrogen (secondary N) is 1. The summed E-state index contributed by atoms with van der Waals surface area (Å²) in [6.07, 6.45) is -3.59. The van der Waals surface area contributed by atoms with E-state index in [0.717, 1.165) is 7.11 Å². The zero-order valence-electron chi connectivity index (χ0n) is 21.2. The maximum atomic E-state index is 13.1. The van der Waals surface area contributed by atoms with Crippen LogP contribution in [0.4, 0.5) is 9.59 Å². The Hall–Kier alpha value is -3.88. The maximum Gasteiger partial charge on any atom is 0.431 e. The van der Waals surface area contributed by atoms with Crippen LogP contribution in [0.3, 0.4) is 0 Å². The summed E-state index contributed by atoms with van der Waals surface area (Å²) >= 11 is 0. The lowest BCUT2D eigenvalue weighted by atomic mass is 10.0. The van der Waals surface area contributed by atoms with Gasteiger partial charge in [0.1, 0.15) is 11.2 Å². The Kier molecular flexibility index (Phi) is 8.99. The molecule has 2 rings (SSSR count). The van der Waals surface area contributed by atoms with Crippen LogP contribution >= 0.6 is 0 Å². The smallest absolute Gasteiger partial charge is 0.431 e. The lowest BCUT2D eigenvalue weighted by Crippen LogP contribution is -2.56. The second-order valence-corrected chi connectivity index (χ2v) is 9.57. The largest absolute Gasteiger partial charge is 0.466 e. The third kappa shape index (κ3) is 8.77. The second-order valence-electron chi connectivity index (χ2n) is 9.57. The number of esters is 1. The third-order valence-corrected chi connectivity index (χ3v) is 4.20. The molecule has 0 saturated carbocycles. The Balaban J connectivity index is 2.64. The molecular formula is C26H33N3O6. The van der Waals surface area contributed by atoms with Crippen LogP contribution in [0.2, 0.25) is 0 Å². The number of rotatable bonds is 5. The van der Waals surface area contributed by atoms with Crippen LogP contribution in [0.15, 0.2) is 65.7 Å². The molecule has 0 unspecified atom stereocenters. The van der Waals surface area contributed by atoms with Crippen LogP contribution in [-0.4, -0.2) is 53.4 Å². The molecule has 188 valence electrons. The molecule has 0 spiro atoms. The summed E-state index contributed by atoms with van der Waals surface area (Å²) in [6.45, 7) is 9.99. The van der Waals surface area contributed by atoms with E-state index in [9.17, 15) is 14.4 Å². The highest BCUT2D eigenvalue weighted by atomic mass is 16.6. The van der Waals surface area contributed by atoms with E-state index in [1.54, 1.807) is 41.5 Å². The number of benzene rings is 2. The first-order valence-electron chi connectivity index (χ1n) is 11.1. The van der Waals surface area contributed by atoms with Crippen LogP contribution in [-0.2, 0) is 19.0 Å². The van der Waals surface area contributed by atoms with Crippen LogP contribution in [0, 0.1) is 0 Å². The number of methoxy groups -OCH3 is 1. The molecule has 0 aromatic heterocycles. The standard InChI is InChI=1S/C26H33N3O6/c1-25(2,3)34-23(31)28-29(24(32)35-26(4,5)6)21(22(30)33-7)27-20(18-14-10-8-11-15-18)19-16-12-9-13-17-19/h8-17,21H,1-7H3,(H,28,31)/t21-/m1/s1. The van der Waals surface area contributed by atoms with Gasteiger partial charge in [0.05, 0.1) is 12.8 Å². The summed E-state index contributed by atoms with van der Waals surface area (Å²) in [6, 6.07) is 18.3. The number of ether oxygens (including phenoxy) is 3. The lowest BCUT2D eigenvalue weighted by Gasteiger charge is -2.31. The number of hydrogen-bond acceptors (Lipinski definition) is 7. The molecule has 1 N–H and O–H groups in total. The van der Waals surface area contributed by atoms with E-state index in [1.165, 1.54) is 0 Å². The number of hydrogen-bond donors (Lipinski definition) is 1. The highest BCUT2D eigenvalue weighted by molar-refractivity contribution is 6.13. The van der Waals surface area contributed by atoms with E-state index in [2.05, 4.69) is 10.4 Å². The van der Waals surface area contributed by atoms with Crippen molar-refractivity contribution in [3.05, 3.63) is 71.8 Å². The first-order chi connectivity index (χ1) is 16.3. The Morgan fingerprint density at radius 2 is 1.26 bits per heavy atom. The van der Waals surface area contributed by atoms with Crippen molar-refractivity contribution in [1.82, 2.24) is 10.4 Å². The molecule has 2 aromatic rings. The van der Waals surface area contributed by atoms with Crippen molar-refractivity contribution in [3.63, 3.8) is 0 Å². The predicted molar refractivity (Wildman–Crippen MR) is 132 cm³/mol. The minimum Gasteiger partial charge on any atom is -0.466 e. The van der Waals surface area contributed by atoms with Crippen LogP contribution in [0.5, 0.6) is 0 Å². The molecule has 1 atom stereocenters. The number of carbonyl (C=O) groups is 3. The van der Waals surface area contributed by atoms with Gasteiger partial charge in [-0.15, -0.1) is 0 Å². The van der Waals surface area contributed by atoms with Gasteiger partial charge in [-0.25, -0.2) is 24.8 Å². The number of amides is 2. The normalized spacial score (nSPS) is 12.1. The summed E-state index contributed by atoms with van der Waals surface area (Å²) in [7, 11) is 1.16. The van der Waals surface area contributed by atoms with Gasteiger partial charge in [0.15, 0.2) is 0 Å². The van der Waals surface area contributed by atoms with Crippen molar-refractivity contribution in [2.75, 3.05) is 7.11 Å².